The second kappa shape index (κ2) is 10.3. The number of nitrogens with zero attached hydrogens (tertiary/aromatic N) is 6. The summed E-state index contributed by atoms with van der Waals surface area (Å²) in [6.45, 7) is 6.98. The molecule has 3 aromatic heterocycles. The number of ketones is 1. The number of carbonyl (C=O) groups excluding carboxylic acids is 3. The van der Waals surface area contributed by atoms with Crippen LogP contribution in [0, 0.1) is 19.3 Å². The van der Waals surface area contributed by atoms with E-state index in [9.17, 15) is 24.3 Å². The first-order chi connectivity index (χ1) is 20.4. The van der Waals surface area contributed by atoms with Crippen molar-refractivity contribution in [1.82, 2.24) is 29.6 Å². The quantitative estimate of drug-likeness (QED) is 0.222. The first-order valence-corrected chi connectivity index (χ1v) is 14.5. The average molecular weight is 647 g/mol. The van der Waals surface area contributed by atoms with Crippen LogP contribution in [0.25, 0.3) is 22.0 Å². The number of amides is 2. The van der Waals surface area contributed by atoms with Gasteiger partial charge < -0.3 is 15.3 Å². The molecule has 6 rings (SSSR count). The number of hydrogen-bond donors (Lipinski definition) is 2. The Morgan fingerprint density at radius 3 is 2.49 bits per heavy atom. The van der Waals surface area contributed by atoms with Crippen LogP contribution in [0.3, 0.4) is 0 Å². The zero-order valence-corrected chi connectivity index (χ0v) is 25.5. The van der Waals surface area contributed by atoms with Crippen LogP contribution in [-0.2, 0) is 16.1 Å². The Labute approximate surface area is 254 Å². The summed E-state index contributed by atoms with van der Waals surface area (Å²) >= 11 is 3.21. The number of benzene rings is 1. The number of anilines is 1. The molecule has 1 saturated carbocycles. The van der Waals surface area contributed by atoms with Crippen molar-refractivity contribution in [3.8, 4) is 11.1 Å². The van der Waals surface area contributed by atoms with Gasteiger partial charge in [0.05, 0.1) is 5.52 Å². The fourth-order valence-corrected chi connectivity index (χ4v) is 6.39. The highest BCUT2D eigenvalue weighted by Crippen LogP contribution is 2.59. The fraction of sp³-hybridized carbons (Fsp3) is 0.333. The minimum Gasteiger partial charge on any atom is -0.478 e. The molecule has 1 aliphatic heterocycles. The number of carbonyl (C=O) groups is 4. The maximum absolute atomic E-state index is 13.9. The third-order valence-corrected chi connectivity index (χ3v) is 8.77. The number of carboxylic acid groups (broad SMARTS) is 1. The minimum atomic E-state index is -1.23. The predicted octanol–water partition coefficient (Wildman–Crippen LogP) is 4.19. The summed E-state index contributed by atoms with van der Waals surface area (Å²) in [6.07, 6.45) is 4.64. The van der Waals surface area contributed by atoms with Crippen molar-refractivity contribution in [3.05, 3.63) is 63.9 Å². The first kappa shape index (κ1) is 28.6. The van der Waals surface area contributed by atoms with Gasteiger partial charge in [-0.2, -0.15) is 5.10 Å². The highest BCUT2D eigenvalue weighted by atomic mass is 79.9. The van der Waals surface area contributed by atoms with Gasteiger partial charge >= 0.3 is 5.97 Å². The van der Waals surface area contributed by atoms with Crippen molar-refractivity contribution in [2.24, 2.45) is 5.41 Å². The molecule has 43 heavy (non-hydrogen) atoms. The number of Topliss-reactive ketones (excluding diaryl/α,β-unsaturated/α-hetero) is 1. The molecule has 1 saturated heterocycles. The Kier molecular flexibility index (Phi) is 6.87. The van der Waals surface area contributed by atoms with Gasteiger partial charge in [0.15, 0.2) is 5.78 Å². The molecule has 0 bridgehead atoms. The van der Waals surface area contributed by atoms with E-state index in [4.69, 9.17) is 0 Å². The van der Waals surface area contributed by atoms with Gasteiger partial charge in [-0.3, -0.25) is 19.1 Å². The predicted molar refractivity (Wildman–Crippen MR) is 160 cm³/mol. The van der Waals surface area contributed by atoms with E-state index in [2.05, 4.69) is 41.3 Å². The summed E-state index contributed by atoms with van der Waals surface area (Å²) < 4.78 is 1.90. The summed E-state index contributed by atoms with van der Waals surface area (Å²) in [5.41, 5.74) is 2.96. The van der Waals surface area contributed by atoms with Gasteiger partial charge in [0.25, 0.3) is 0 Å². The van der Waals surface area contributed by atoms with E-state index in [0.29, 0.717) is 27.8 Å². The number of aryl methyl sites for hydroxylation is 2. The van der Waals surface area contributed by atoms with Crippen LogP contribution in [0.4, 0.5) is 5.82 Å². The van der Waals surface area contributed by atoms with Crippen LogP contribution in [0.1, 0.15) is 58.9 Å². The average Bonchev–Trinajstić information content (AvgIpc) is 3.29. The van der Waals surface area contributed by atoms with Crippen LogP contribution in [0.5, 0.6) is 0 Å². The monoisotopic (exact) mass is 645 g/mol. The number of nitrogens with one attached hydrogen (secondary N) is 1. The highest BCUT2D eigenvalue weighted by Gasteiger charge is 2.64. The van der Waals surface area contributed by atoms with Crippen LogP contribution < -0.4 is 5.32 Å². The first-order valence-electron chi connectivity index (χ1n) is 13.7. The van der Waals surface area contributed by atoms with Crippen LogP contribution >= 0.6 is 15.9 Å². The number of halogens is 1. The Morgan fingerprint density at radius 1 is 1.09 bits per heavy atom. The Balaban J connectivity index is 1.32. The number of piperidine rings is 1. The molecule has 2 N–H and O–H groups in total. The maximum Gasteiger partial charge on any atom is 0.339 e. The molecule has 2 fully saturated rings. The van der Waals surface area contributed by atoms with Crippen molar-refractivity contribution < 1.29 is 24.3 Å². The molecule has 3 atom stereocenters. The number of likely N-dealkylation sites (tertiary alicyclic amines) is 1. The van der Waals surface area contributed by atoms with Gasteiger partial charge in [0, 0.05) is 36.3 Å². The lowest BCUT2D eigenvalue weighted by atomic mass is 10.0. The van der Waals surface area contributed by atoms with Crippen LogP contribution in [-0.4, -0.2) is 70.4 Å². The zero-order chi connectivity index (χ0) is 30.8. The number of carboxylic acids is 1. The van der Waals surface area contributed by atoms with Crippen molar-refractivity contribution >= 4 is 56.2 Å². The second-order valence-corrected chi connectivity index (χ2v) is 12.3. The SMILES string of the molecule is CC(=O)c1nn(CC(=O)N2[C@H](C(=O)Nc3nc(Br)ccc3C(=O)O)C[C@@]3(C)C[C@@H]23)c2c(C)cc(-c3cnc(C)nc3)cc12. The van der Waals surface area contributed by atoms with Crippen molar-refractivity contribution in [2.75, 3.05) is 5.32 Å². The zero-order valence-electron chi connectivity index (χ0n) is 23.9. The van der Waals surface area contributed by atoms with Crippen molar-refractivity contribution in [1.29, 1.82) is 0 Å². The summed E-state index contributed by atoms with van der Waals surface area (Å²) in [5, 5.41) is 17.4. The van der Waals surface area contributed by atoms with Crippen molar-refractivity contribution in [3.63, 3.8) is 0 Å². The number of aromatic carboxylic acids is 1. The Hall–Kier alpha value is -4.52. The minimum absolute atomic E-state index is 0.0976. The maximum atomic E-state index is 13.9. The van der Waals surface area contributed by atoms with E-state index in [1.165, 1.54) is 23.7 Å². The summed E-state index contributed by atoms with van der Waals surface area (Å²) in [4.78, 5) is 66.0. The topological polar surface area (TPSA) is 160 Å². The number of rotatable bonds is 7. The third-order valence-electron chi connectivity index (χ3n) is 8.33. The summed E-state index contributed by atoms with van der Waals surface area (Å²) in [7, 11) is 0. The molecule has 0 unspecified atom stereocenters. The lowest BCUT2D eigenvalue weighted by Gasteiger charge is -2.27. The second-order valence-electron chi connectivity index (χ2n) is 11.5. The van der Waals surface area contributed by atoms with E-state index < -0.39 is 17.9 Å². The molecule has 1 aliphatic carbocycles. The molecule has 0 spiro atoms. The molecule has 0 radical (unpaired) electrons. The number of fused-ring (bicyclic) bond motifs is 2. The standard InChI is InChI=1S/C30H28BrN7O5/c1-14-7-17(18-11-32-16(3)33-12-18)8-20-25(15(2)39)36-37(26(14)20)13-24(40)38-21(9-30(4)10-22(30)38)28(41)35-27-19(29(42)43)5-6-23(31)34-27/h5-8,11-12,21-22H,9-10,13H2,1-4H3,(H,42,43)(H,34,35,41)/t21-,22+,30-/m0/s1. The number of aromatic nitrogens is 5. The summed E-state index contributed by atoms with van der Waals surface area (Å²) in [5.74, 6) is -1.75. The molecule has 2 aliphatic rings. The summed E-state index contributed by atoms with van der Waals surface area (Å²) in [6, 6.07) is 5.67. The number of pyridine rings is 1. The molecule has 2 amide bonds. The van der Waals surface area contributed by atoms with E-state index in [-0.39, 0.29) is 46.8 Å². The van der Waals surface area contributed by atoms with Crippen molar-refractivity contribution in [2.45, 2.75) is 59.2 Å². The van der Waals surface area contributed by atoms with E-state index in [0.717, 1.165) is 23.1 Å². The van der Waals surface area contributed by atoms with E-state index in [1.807, 2.05) is 26.0 Å². The molecular weight excluding hydrogens is 618 g/mol. The lowest BCUT2D eigenvalue weighted by Crippen LogP contribution is -2.47. The number of hydrogen-bond acceptors (Lipinski definition) is 8. The molecule has 12 nitrogen and oxygen atoms in total. The van der Waals surface area contributed by atoms with E-state index in [1.54, 1.807) is 24.2 Å². The molecular formula is C30H28BrN7O5. The molecule has 4 heterocycles. The largest absolute Gasteiger partial charge is 0.478 e. The highest BCUT2D eigenvalue weighted by molar-refractivity contribution is 9.10. The Bertz CT molecular complexity index is 1850. The Morgan fingerprint density at radius 2 is 1.81 bits per heavy atom. The lowest BCUT2D eigenvalue weighted by molar-refractivity contribution is -0.138. The molecule has 220 valence electrons. The third kappa shape index (κ3) is 5.07. The smallest absolute Gasteiger partial charge is 0.339 e. The van der Waals surface area contributed by atoms with Gasteiger partial charge in [0.1, 0.15) is 40.1 Å². The molecule has 1 aromatic carbocycles. The van der Waals surface area contributed by atoms with Gasteiger partial charge in [-0.15, -0.1) is 0 Å². The van der Waals surface area contributed by atoms with Gasteiger partial charge in [-0.1, -0.05) is 6.92 Å². The van der Waals surface area contributed by atoms with Crippen LogP contribution in [0.15, 0.2) is 41.3 Å². The fourth-order valence-electron chi connectivity index (χ4n) is 6.08. The molecule has 4 aromatic rings. The van der Waals surface area contributed by atoms with Gasteiger partial charge in [0.2, 0.25) is 11.8 Å². The normalized spacial score (nSPS) is 20.6. The van der Waals surface area contributed by atoms with Crippen LogP contribution in [0.2, 0.25) is 0 Å². The van der Waals surface area contributed by atoms with Gasteiger partial charge in [-0.05, 0) is 83.4 Å². The van der Waals surface area contributed by atoms with Gasteiger partial charge in [-0.25, -0.2) is 19.7 Å². The van der Waals surface area contributed by atoms with E-state index >= 15 is 0 Å². The molecule has 13 heteroatoms.